The smallest absolute Gasteiger partial charge is 0.276 e. The van der Waals surface area contributed by atoms with E-state index in [1.807, 2.05) is 45.0 Å². The Morgan fingerprint density at radius 1 is 1.36 bits per heavy atom. The van der Waals surface area contributed by atoms with Gasteiger partial charge in [0, 0.05) is 29.1 Å². The van der Waals surface area contributed by atoms with E-state index in [1.165, 1.54) is 4.68 Å². The van der Waals surface area contributed by atoms with Crippen molar-refractivity contribution in [3.8, 4) is 0 Å². The van der Waals surface area contributed by atoms with E-state index in [0.29, 0.717) is 19.4 Å². The van der Waals surface area contributed by atoms with Crippen LogP contribution in [0.25, 0.3) is 20.2 Å². The number of hydrogen-bond donors (Lipinski definition) is 1. The molecule has 5 nitrogen and oxygen atoms in total. The van der Waals surface area contributed by atoms with Gasteiger partial charge in [-0.05, 0) is 32.8 Å². The summed E-state index contributed by atoms with van der Waals surface area (Å²) in [6.45, 7) is 6.41. The molecule has 0 aliphatic heterocycles. The summed E-state index contributed by atoms with van der Waals surface area (Å²) in [6.07, 6.45) is 1.91. The van der Waals surface area contributed by atoms with Crippen molar-refractivity contribution in [1.82, 2.24) is 15.1 Å². The molecule has 1 atom stereocenters. The number of benzene rings is 1. The monoisotopic (exact) mass is 357 g/mol. The number of thiophene rings is 1. The number of rotatable bonds is 6. The number of nitrogens with one attached hydrogen (secondary N) is 1. The van der Waals surface area contributed by atoms with Gasteiger partial charge in [0.05, 0.1) is 15.8 Å². The first-order valence-corrected chi connectivity index (χ1v) is 9.51. The highest BCUT2D eigenvalue weighted by molar-refractivity contribution is 7.26. The van der Waals surface area contributed by atoms with Crippen LogP contribution >= 0.6 is 11.3 Å². The van der Waals surface area contributed by atoms with Gasteiger partial charge >= 0.3 is 0 Å². The lowest BCUT2D eigenvalue weighted by Crippen LogP contribution is -2.32. The first-order valence-electron chi connectivity index (χ1n) is 8.69. The molecule has 0 aliphatic carbocycles. The Bertz CT molecular complexity index is 974. The second-order valence-electron chi connectivity index (χ2n) is 6.40. The van der Waals surface area contributed by atoms with E-state index in [4.69, 9.17) is 0 Å². The van der Waals surface area contributed by atoms with Crippen molar-refractivity contribution in [2.24, 2.45) is 0 Å². The molecule has 0 spiro atoms. The van der Waals surface area contributed by atoms with Gasteiger partial charge in [-0.1, -0.05) is 25.1 Å². The molecular formula is C19H23N3O2S. The Balaban J connectivity index is 1.83. The minimum absolute atomic E-state index is 0.0289. The summed E-state index contributed by atoms with van der Waals surface area (Å²) in [4.78, 5) is 24.7. The highest BCUT2D eigenvalue weighted by atomic mass is 32.1. The van der Waals surface area contributed by atoms with Crippen LogP contribution in [0, 0.1) is 6.92 Å². The molecule has 1 amide bonds. The fourth-order valence-corrected chi connectivity index (χ4v) is 4.04. The molecule has 0 fully saturated rings. The molecule has 132 valence electrons. The predicted octanol–water partition coefficient (Wildman–Crippen LogP) is 3.61. The highest BCUT2D eigenvalue weighted by Crippen LogP contribution is 2.32. The molecule has 1 unspecified atom stereocenters. The van der Waals surface area contributed by atoms with Crippen LogP contribution in [0.5, 0.6) is 0 Å². The zero-order chi connectivity index (χ0) is 18.0. The van der Waals surface area contributed by atoms with Crippen LogP contribution in [0.15, 0.2) is 29.1 Å². The Morgan fingerprint density at radius 2 is 2.12 bits per heavy atom. The number of hydrogen-bond acceptors (Lipinski definition) is 4. The van der Waals surface area contributed by atoms with Crippen LogP contribution in [0.2, 0.25) is 0 Å². The zero-order valence-corrected chi connectivity index (χ0v) is 15.7. The van der Waals surface area contributed by atoms with Gasteiger partial charge in [-0.3, -0.25) is 9.59 Å². The molecule has 0 saturated carbocycles. The highest BCUT2D eigenvalue weighted by Gasteiger charge is 2.14. The van der Waals surface area contributed by atoms with Gasteiger partial charge in [-0.2, -0.15) is 5.10 Å². The summed E-state index contributed by atoms with van der Waals surface area (Å²) >= 11 is 1.61. The third kappa shape index (κ3) is 3.58. The molecular weight excluding hydrogens is 334 g/mol. The van der Waals surface area contributed by atoms with Gasteiger partial charge in [0.1, 0.15) is 0 Å². The average Bonchev–Trinajstić information content (AvgIpc) is 2.99. The van der Waals surface area contributed by atoms with Crippen molar-refractivity contribution >= 4 is 37.4 Å². The van der Waals surface area contributed by atoms with Gasteiger partial charge in [0.2, 0.25) is 5.91 Å². The first-order chi connectivity index (χ1) is 12.0. The summed E-state index contributed by atoms with van der Waals surface area (Å²) in [6, 6.07) is 8.13. The van der Waals surface area contributed by atoms with E-state index in [1.54, 1.807) is 11.3 Å². The fourth-order valence-electron chi connectivity index (χ4n) is 2.90. The number of carbonyl (C=O) groups excluding carboxylic acids is 1. The zero-order valence-electron chi connectivity index (χ0n) is 14.8. The predicted molar refractivity (Wildman–Crippen MR) is 103 cm³/mol. The molecule has 3 aromatic rings. The van der Waals surface area contributed by atoms with Crippen molar-refractivity contribution in [3.63, 3.8) is 0 Å². The average molecular weight is 357 g/mol. The molecule has 3 rings (SSSR count). The fraction of sp³-hybridized carbons (Fsp3) is 0.421. The number of aryl methyl sites for hydroxylation is 2. The number of aromatic nitrogens is 2. The molecule has 0 aliphatic rings. The maximum absolute atomic E-state index is 12.9. The van der Waals surface area contributed by atoms with E-state index in [9.17, 15) is 9.59 Å². The van der Waals surface area contributed by atoms with E-state index in [2.05, 4.69) is 10.4 Å². The van der Waals surface area contributed by atoms with Crippen molar-refractivity contribution in [3.05, 3.63) is 40.3 Å². The quantitative estimate of drug-likeness (QED) is 0.733. The second-order valence-corrected chi connectivity index (χ2v) is 7.45. The van der Waals surface area contributed by atoms with Crippen LogP contribution in [0.3, 0.4) is 0 Å². The van der Waals surface area contributed by atoms with Crippen LogP contribution in [-0.2, 0) is 11.3 Å². The molecule has 2 heterocycles. The molecule has 1 N–H and O–H groups in total. The number of amides is 1. The van der Waals surface area contributed by atoms with E-state index in [0.717, 1.165) is 32.3 Å². The Morgan fingerprint density at radius 3 is 2.88 bits per heavy atom. The molecule has 0 saturated heterocycles. The second kappa shape index (κ2) is 7.35. The van der Waals surface area contributed by atoms with Crippen LogP contribution < -0.4 is 10.9 Å². The first kappa shape index (κ1) is 17.6. The SMILES string of the molecule is CCC(C)NC(=O)CCCn1nc(C)c2sc3ccccc3c2c1=O. The van der Waals surface area contributed by atoms with Gasteiger partial charge in [-0.25, -0.2) is 4.68 Å². The van der Waals surface area contributed by atoms with E-state index in [-0.39, 0.29) is 17.5 Å². The normalized spacial score (nSPS) is 12.6. The number of nitrogens with zero attached hydrogens (tertiary/aromatic N) is 2. The third-order valence-electron chi connectivity index (χ3n) is 4.44. The van der Waals surface area contributed by atoms with Gasteiger partial charge in [0.15, 0.2) is 0 Å². The molecule has 6 heteroatoms. The molecule has 0 radical (unpaired) electrons. The number of carbonyl (C=O) groups is 1. The Labute approximate surface area is 150 Å². The lowest BCUT2D eigenvalue weighted by atomic mass is 10.2. The largest absolute Gasteiger partial charge is 0.354 e. The molecule has 0 bridgehead atoms. The third-order valence-corrected chi connectivity index (χ3v) is 5.72. The standard InChI is InChI=1S/C19H23N3O2S/c1-4-12(2)20-16(23)10-7-11-22-19(24)17-14-8-5-6-9-15(14)25-18(17)13(3)21-22/h5-6,8-9,12H,4,7,10-11H2,1-3H3,(H,20,23). The lowest BCUT2D eigenvalue weighted by molar-refractivity contribution is -0.121. The minimum Gasteiger partial charge on any atom is -0.354 e. The van der Waals surface area contributed by atoms with Gasteiger partial charge in [0.25, 0.3) is 5.56 Å². The summed E-state index contributed by atoms with van der Waals surface area (Å²) in [5.41, 5.74) is 0.792. The Kier molecular flexibility index (Phi) is 5.18. The summed E-state index contributed by atoms with van der Waals surface area (Å²) in [5, 5.41) is 9.13. The maximum atomic E-state index is 12.9. The van der Waals surface area contributed by atoms with Crippen molar-refractivity contribution in [1.29, 1.82) is 0 Å². The van der Waals surface area contributed by atoms with Crippen molar-refractivity contribution in [2.45, 2.75) is 52.6 Å². The summed E-state index contributed by atoms with van der Waals surface area (Å²) in [5.74, 6) is 0.0289. The van der Waals surface area contributed by atoms with Gasteiger partial charge < -0.3 is 5.32 Å². The molecule has 2 aromatic heterocycles. The molecule has 25 heavy (non-hydrogen) atoms. The van der Waals surface area contributed by atoms with Crippen molar-refractivity contribution < 1.29 is 4.79 Å². The molecule has 1 aromatic carbocycles. The maximum Gasteiger partial charge on any atom is 0.276 e. The summed E-state index contributed by atoms with van der Waals surface area (Å²) in [7, 11) is 0. The van der Waals surface area contributed by atoms with Crippen molar-refractivity contribution in [2.75, 3.05) is 0 Å². The number of fused-ring (bicyclic) bond motifs is 3. The summed E-state index contributed by atoms with van der Waals surface area (Å²) < 4.78 is 3.56. The van der Waals surface area contributed by atoms with Crippen LogP contribution in [0.4, 0.5) is 0 Å². The van der Waals surface area contributed by atoms with E-state index >= 15 is 0 Å². The minimum atomic E-state index is -0.0691. The van der Waals surface area contributed by atoms with Crippen LogP contribution in [-0.4, -0.2) is 21.7 Å². The van der Waals surface area contributed by atoms with Gasteiger partial charge in [-0.15, -0.1) is 11.3 Å². The van der Waals surface area contributed by atoms with Crippen LogP contribution in [0.1, 0.15) is 38.8 Å². The topological polar surface area (TPSA) is 64.0 Å². The lowest BCUT2D eigenvalue weighted by Gasteiger charge is -2.11. The Hall–Kier alpha value is -2.21. The van der Waals surface area contributed by atoms with E-state index < -0.39 is 0 Å².